The van der Waals surface area contributed by atoms with Crippen LogP contribution in [0.2, 0.25) is 0 Å². The van der Waals surface area contributed by atoms with Gasteiger partial charge >= 0.3 is 0 Å². The molecule has 46 heavy (non-hydrogen) atoms. The van der Waals surface area contributed by atoms with Crippen molar-refractivity contribution in [1.29, 1.82) is 0 Å². The van der Waals surface area contributed by atoms with Crippen LogP contribution in [-0.2, 0) is 16.9 Å². The van der Waals surface area contributed by atoms with E-state index in [0.717, 1.165) is 22.3 Å². The smallest absolute Gasteiger partial charge is 0.244 e. The summed E-state index contributed by atoms with van der Waals surface area (Å²) in [5, 5.41) is 16.7. The van der Waals surface area contributed by atoms with Crippen molar-refractivity contribution in [3.63, 3.8) is 0 Å². The second-order valence-electron chi connectivity index (χ2n) is 12.1. The van der Waals surface area contributed by atoms with Crippen molar-refractivity contribution in [3.8, 4) is 11.5 Å². The Bertz CT molecular complexity index is 1740. The molecule has 10 heteroatoms. The van der Waals surface area contributed by atoms with Crippen LogP contribution in [0.3, 0.4) is 0 Å². The van der Waals surface area contributed by atoms with Crippen molar-refractivity contribution in [2.75, 3.05) is 14.2 Å². The molecule has 0 bridgehead atoms. The van der Waals surface area contributed by atoms with Crippen LogP contribution in [0, 0.1) is 0 Å². The zero-order valence-electron chi connectivity index (χ0n) is 26.2. The van der Waals surface area contributed by atoms with Crippen LogP contribution in [0.25, 0.3) is 0 Å². The third-order valence-electron chi connectivity index (χ3n) is 9.05. The Labute approximate surface area is 272 Å². The highest BCUT2D eigenvalue weighted by molar-refractivity contribution is 8.01. The fraction of sp³-hybridized carbons (Fsp3) is 0.278. The van der Waals surface area contributed by atoms with Gasteiger partial charge in [0.2, 0.25) is 5.91 Å². The summed E-state index contributed by atoms with van der Waals surface area (Å²) in [6.45, 7) is 4.72. The summed E-state index contributed by atoms with van der Waals surface area (Å²) in [6, 6.07) is 36.0. The summed E-state index contributed by atoms with van der Waals surface area (Å²) in [4.78, 5) is 16.3. The highest BCUT2D eigenvalue weighted by atomic mass is 32.2. The molecular weight excluding hydrogens is 597 g/mol. The molecule has 1 N–H and O–H groups in total. The Morgan fingerprint density at radius 1 is 0.848 bits per heavy atom. The zero-order chi connectivity index (χ0) is 31.9. The maximum Gasteiger partial charge on any atom is 0.244 e. The van der Waals surface area contributed by atoms with E-state index in [-0.39, 0.29) is 22.1 Å². The second-order valence-corrected chi connectivity index (χ2v) is 13.9. The van der Waals surface area contributed by atoms with E-state index < -0.39 is 11.6 Å². The van der Waals surface area contributed by atoms with Gasteiger partial charge in [0.1, 0.15) is 29.0 Å². The Morgan fingerprint density at radius 2 is 1.43 bits per heavy atom. The lowest BCUT2D eigenvalue weighted by molar-refractivity contribution is -0.150. The van der Waals surface area contributed by atoms with Crippen LogP contribution in [0.15, 0.2) is 109 Å². The van der Waals surface area contributed by atoms with Crippen LogP contribution < -0.4 is 14.8 Å². The maximum absolute atomic E-state index is 14.4. The van der Waals surface area contributed by atoms with E-state index in [0.29, 0.717) is 23.9 Å². The molecule has 0 saturated carbocycles. The lowest BCUT2D eigenvalue weighted by atomic mass is 9.76. The molecule has 2 aliphatic rings. The Balaban J connectivity index is 1.25. The molecule has 2 fully saturated rings. The molecule has 2 saturated heterocycles. The molecule has 1 amide bonds. The quantitative estimate of drug-likeness (QED) is 0.161. The summed E-state index contributed by atoms with van der Waals surface area (Å²) < 4.78 is 12.4. The third-order valence-corrected chi connectivity index (χ3v) is 10.6. The van der Waals surface area contributed by atoms with Gasteiger partial charge in [0, 0.05) is 16.4 Å². The van der Waals surface area contributed by atoms with Gasteiger partial charge in [0.15, 0.2) is 5.82 Å². The van der Waals surface area contributed by atoms with Crippen LogP contribution >= 0.6 is 11.8 Å². The van der Waals surface area contributed by atoms with E-state index in [1.165, 1.54) is 0 Å². The van der Waals surface area contributed by atoms with Gasteiger partial charge in [0.05, 0.1) is 26.3 Å². The zero-order valence-corrected chi connectivity index (χ0v) is 27.0. The first-order chi connectivity index (χ1) is 22.4. The minimum Gasteiger partial charge on any atom is -0.497 e. The molecule has 1 aromatic heterocycles. The van der Waals surface area contributed by atoms with Gasteiger partial charge in [-0.25, -0.2) is 4.68 Å². The Kier molecular flexibility index (Phi) is 7.78. The van der Waals surface area contributed by atoms with Crippen LogP contribution in [-0.4, -0.2) is 61.4 Å². The van der Waals surface area contributed by atoms with E-state index >= 15 is 0 Å². The predicted octanol–water partition coefficient (Wildman–Crippen LogP) is 5.42. The number of carbonyl (C=O) groups excluding carboxylic acids is 1. The molecule has 2 aliphatic heterocycles. The average molecular weight is 633 g/mol. The first kappa shape index (κ1) is 30.0. The second kappa shape index (κ2) is 11.9. The third kappa shape index (κ3) is 4.92. The van der Waals surface area contributed by atoms with Gasteiger partial charge in [-0.3, -0.25) is 10.1 Å². The molecule has 7 rings (SSSR count). The van der Waals surface area contributed by atoms with Crippen molar-refractivity contribution in [1.82, 2.24) is 30.4 Å². The molecule has 234 valence electrons. The maximum atomic E-state index is 14.4. The monoisotopic (exact) mass is 632 g/mol. The minimum absolute atomic E-state index is 0.0248. The number of aromatic nitrogens is 4. The van der Waals surface area contributed by atoms with E-state index in [2.05, 4.69) is 71.1 Å². The van der Waals surface area contributed by atoms with Gasteiger partial charge in [-0.15, -0.1) is 16.9 Å². The molecule has 3 heterocycles. The highest BCUT2D eigenvalue weighted by Crippen LogP contribution is 2.57. The predicted molar refractivity (Wildman–Crippen MR) is 178 cm³/mol. The summed E-state index contributed by atoms with van der Waals surface area (Å²) >= 11 is 1.78. The molecular formula is C36H36N6O3S. The van der Waals surface area contributed by atoms with Crippen LogP contribution in [0.4, 0.5) is 0 Å². The molecule has 0 spiro atoms. The van der Waals surface area contributed by atoms with Crippen LogP contribution in [0.1, 0.15) is 48.0 Å². The number of carbonyl (C=O) groups is 1. The topological polar surface area (TPSA) is 94.4 Å². The summed E-state index contributed by atoms with van der Waals surface area (Å²) in [5.41, 5.74) is 3.34. The van der Waals surface area contributed by atoms with Gasteiger partial charge in [0.25, 0.3) is 0 Å². The van der Waals surface area contributed by atoms with Crippen molar-refractivity contribution < 1.29 is 14.3 Å². The number of hydrogen-bond acceptors (Lipinski definition) is 8. The summed E-state index contributed by atoms with van der Waals surface area (Å²) in [7, 11) is 3.26. The number of fused-ring (bicyclic) bond motifs is 1. The SMILES string of the molecule is COc1ccc(Cn2nnnc2C2N3C(=O)C(NC(c4ccccc4)(c4ccccc4)c4ccccc4)[C@@H]3SC2(C)C)c(OC)c1. The van der Waals surface area contributed by atoms with Gasteiger partial charge in [-0.2, -0.15) is 0 Å². The number of benzene rings is 4. The minimum atomic E-state index is -0.758. The molecule has 0 radical (unpaired) electrons. The van der Waals surface area contributed by atoms with E-state index in [9.17, 15) is 4.79 Å². The van der Waals surface area contributed by atoms with E-state index in [4.69, 9.17) is 9.47 Å². The number of tetrazole rings is 1. The molecule has 2 unspecified atom stereocenters. The van der Waals surface area contributed by atoms with Crippen molar-refractivity contribution >= 4 is 17.7 Å². The summed E-state index contributed by atoms with van der Waals surface area (Å²) in [6.07, 6.45) is 0. The lowest BCUT2D eigenvalue weighted by Crippen LogP contribution is -2.70. The fourth-order valence-corrected chi connectivity index (χ4v) is 8.51. The lowest BCUT2D eigenvalue weighted by Gasteiger charge is -2.49. The largest absolute Gasteiger partial charge is 0.497 e. The molecule has 3 atom stereocenters. The van der Waals surface area contributed by atoms with E-state index in [1.807, 2.05) is 77.7 Å². The first-order valence-corrected chi connectivity index (χ1v) is 16.2. The first-order valence-electron chi connectivity index (χ1n) is 15.3. The van der Waals surface area contributed by atoms with Gasteiger partial charge in [-0.1, -0.05) is 91.0 Å². The van der Waals surface area contributed by atoms with Gasteiger partial charge in [-0.05, 0) is 53.1 Å². The normalized spacial score (nSPS) is 20.2. The number of rotatable bonds is 10. The van der Waals surface area contributed by atoms with Crippen LogP contribution in [0.5, 0.6) is 11.5 Å². The number of thioether (sulfide) groups is 1. The number of ether oxygens (including phenoxy) is 2. The molecule has 0 aliphatic carbocycles. The fourth-order valence-electron chi connectivity index (χ4n) is 6.88. The van der Waals surface area contributed by atoms with Crippen molar-refractivity contribution in [3.05, 3.63) is 137 Å². The van der Waals surface area contributed by atoms with Gasteiger partial charge < -0.3 is 14.4 Å². The molecule has 4 aromatic carbocycles. The number of nitrogens with one attached hydrogen (secondary N) is 1. The Hall–Kier alpha value is -4.67. The molecule has 9 nitrogen and oxygen atoms in total. The number of β-lactam (4-membered cyclic amide) rings is 1. The van der Waals surface area contributed by atoms with Crippen molar-refractivity contribution in [2.45, 2.75) is 48.1 Å². The number of amides is 1. The highest BCUT2D eigenvalue weighted by Gasteiger charge is 2.64. The molecule has 5 aromatic rings. The number of nitrogens with zero attached hydrogens (tertiary/aromatic N) is 5. The standard InChI is InChI=1S/C36H36N6O3S/c1-35(2)31(32-38-39-40-41(32)23-24-20-21-28(44-3)22-29(24)45-4)42-33(43)30(34(42)46-35)37-36(25-14-8-5-9-15-25,26-16-10-6-11-17-26)27-18-12-7-13-19-27/h5-22,30-31,34,37H,23H2,1-4H3/t30?,31?,34-/m0/s1. The number of methoxy groups -OCH3 is 2. The summed E-state index contributed by atoms with van der Waals surface area (Å²) in [5.74, 6) is 2.06. The van der Waals surface area contributed by atoms with E-state index in [1.54, 1.807) is 30.7 Å². The van der Waals surface area contributed by atoms with Crippen molar-refractivity contribution in [2.24, 2.45) is 0 Å². The number of hydrogen-bond donors (Lipinski definition) is 1. The average Bonchev–Trinajstić information content (AvgIpc) is 3.65. The Morgan fingerprint density at radius 3 is 1.98 bits per heavy atom.